The fourth-order valence-electron chi connectivity index (χ4n) is 2.46. The maximum Gasteiger partial charge on any atom is 0.224 e. The normalized spacial score (nSPS) is 11.7. The highest BCUT2D eigenvalue weighted by atomic mass is 79.9. The van der Waals surface area contributed by atoms with Gasteiger partial charge in [-0.3, -0.25) is 4.79 Å². The average Bonchev–Trinajstić information content (AvgIpc) is 2.62. The van der Waals surface area contributed by atoms with E-state index in [2.05, 4.69) is 21.2 Å². The van der Waals surface area contributed by atoms with Crippen molar-refractivity contribution in [2.45, 2.75) is 25.9 Å². The third-order valence-corrected chi connectivity index (χ3v) is 4.78. The number of aryl methyl sites for hydroxylation is 1. The number of rotatable bonds is 7. The largest absolute Gasteiger partial charge is 0.497 e. The topological polar surface area (TPSA) is 67.8 Å². The Hall–Kier alpha value is -2.05. The molecule has 0 heterocycles. The number of nitrogens with one attached hydrogen (secondary N) is 1. The fourth-order valence-corrected chi connectivity index (χ4v) is 2.71. The molecule has 2 aromatic carbocycles. The molecule has 2 aromatic rings. The van der Waals surface area contributed by atoms with Crippen molar-refractivity contribution in [3.05, 3.63) is 52.0 Å². The van der Waals surface area contributed by atoms with Crippen molar-refractivity contribution >= 4 is 27.5 Å². The summed E-state index contributed by atoms with van der Waals surface area (Å²) >= 11 is 3.43. The molecule has 0 aliphatic rings. The first-order chi connectivity index (χ1) is 11.9. The molecule has 0 aliphatic heterocycles. The molecule has 0 saturated heterocycles. The van der Waals surface area contributed by atoms with Crippen LogP contribution in [0.25, 0.3) is 0 Å². The monoisotopic (exact) mass is 407 g/mol. The Morgan fingerprint density at radius 1 is 1.20 bits per heavy atom. The van der Waals surface area contributed by atoms with Gasteiger partial charge in [-0.25, -0.2) is 0 Å². The number of methoxy groups -OCH3 is 2. The molecule has 2 rings (SSSR count). The van der Waals surface area contributed by atoms with E-state index in [1.54, 1.807) is 25.3 Å². The molecule has 0 aliphatic carbocycles. The summed E-state index contributed by atoms with van der Waals surface area (Å²) in [4.78, 5) is 12.1. The van der Waals surface area contributed by atoms with Gasteiger partial charge in [-0.05, 0) is 49.2 Å². The molecule has 1 amide bonds. The number of aliphatic hydroxyl groups excluding tert-OH is 1. The highest BCUT2D eigenvalue weighted by Crippen LogP contribution is 2.31. The zero-order chi connectivity index (χ0) is 18.4. The first kappa shape index (κ1) is 19.3. The standard InChI is InChI=1S/C19H22BrNO4/c1-12-10-13(4-7-16(12)20)21-19(23)9-8-17(22)15-6-5-14(24-2)11-18(15)25-3/h4-7,10-11,17,22H,8-9H2,1-3H3,(H,21,23). The molecule has 25 heavy (non-hydrogen) atoms. The summed E-state index contributed by atoms with van der Waals surface area (Å²) in [6, 6.07) is 10.8. The third kappa shape index (κ3) is 5.21. The zero-order valence-electron chi connectivity index (χ0n) is 14.5. The highest BCUT2D eigenvalue weighted by Gasteiger charge is 2.16. The average molecular weight is 408 g/mol. The number of benzene rings is 2. The zero-order valence-corrected chi connectivity index (χ0v) is 16.1. The van der Waals surface area contributed by atoms with Crippen LogP contribution in [0.5, 0.6) is 11.5 Å². The van der Waals surface area contributed by atoms with Crippen molar-refractivity contribution < 1.29 is 19.4 Å². The van der Waals surface area contributed by atoms with Crippen molar-refractivity contribution in [2.24, 2.45) is 0 Å². The van der Waals surface area contributed by atoms with Crippen LogP contribution in [-0.4, -0.2) is 25.2 Å². The number of carbonyl (C=O) groups is 1. The van der Waals surface area contributed by atoms with E-state index in [0.29, 0.717) is 23.5 Å². The van der Waals surface area contributed by atoms with Crippen LogP contribution in [0.2, 0.25) is 0 Å². The summed E-state index contributed by atoms with van der Waals surface area (Å²) in [7, 11) is 3.10. The van der Waals surface area contributed by atoms with Crippen molar-refractivity contribution in [3.8, 4) is 11.5 Å². The predicted octanol–water partition coefficient (Wildman–Crippen LogP) is 4.23. The highest BCUT2D eigenvalue weighted by molar-refractivity contribution is 9.10. The molecule has 0 spiro atoms. The molecule has 0 radical (unpaired) electrons. The second kappa shape index (κ2) is 8.87. The maximum absolute atomic E-state index is 12.1. The van der Waals surface area contributed by atoms with E-state index in [1.165, 1.54) is 7.11 Å². The van der Waals surface area contributed by atoms with Gasteiger partial charge >= 0.3 is 0 Å². The Morgan fingerprint density at radius 2 is 1.96 bits per heavy atom. The lowest BCUT2D eigenvalue weighted by atomic mass is 10.0. The number of anilines is 1. The summed E-state index contributed by atoms with van der Waals surface area (Å²) in [6.45, 7) is 1.96. The quantitative estimate of drug-likeness (QED) is 0.720. The molecule has 0 bridgehead atoms. The second-order valence-electron chi connectivity index (χ2n) is 5.67. The van der Waals surface area contributed by atoms with E-state index >= 15 is 0 Å². The molecular weight excluding hydrogens is 386 g/mol. The molecule has 1 unspecified atom stereocenters. The SMILES string of the molecule is COc1ccc(C(O)CCC(=O)Nc2ccc(Br)c(C)c2)c(OC)c1. The van der Waals surface area contributed by atoms with Gasteiger partial charge in [0.15, 0.2) is 0 Å². The molecule has 5 nitrogen and oxygen atoms in total. The van der Waals surface area contributed by atoms with Crippen LogP contribution in [0.3, 0.4) is 0 Å². The van der Waals surface area contributed by atoms with E-state index in [9.17, 15) is 9.90 Å². The number of aliphatic hydroxyl groups is 1. The molecule has 6 heteroatoms. The Labute approximate surface area is 156 Å². The molecule has 0 saturated carbocycles. The number of carbonyl (C=O) groups excluding carboxylic acids is 1. The second-order valence-corrected chi connectivity index (χ2v) is 6.53. The maximum atomic E-state index is 12.1. The van der Waals surface area contributed by atoms with Gasteiger partial charge in [0.25, 0.3) is 0 Å². The van der Waals surface area contributed by atoms with Gasteiger partial charge in [0, 0.05) is 28.2 Å². The van der Waals surface area contributed by atoms with Gasteiger partial charge in [0.05, 0.1) is 20.3 Å². The Balaban J connectivity index is 1.96. The van der Waals surface area contributed by atoms with Crippen LogP contribution in [0.15, 0.2) is 40.9 Å². The summed E-state index contributed by atoms with van der Waals surface area (Å²) in [5, 5.41) is 13.2. The van der Waals surface area contributed by atoms with Crippen molar-refractivity contribution in [1.82, 2.24) is 0 Å². The molecular formula is C19H22BrNO4. The van der Waals surface area contributed by atoms with Crippen molar-refractivity contribution in [2.75, 3.05) is 19.5 Å². The molecule has 134 valence electrons. The van der Waals surface area contributed by atoms with Gasteiger partial charge in [-0.2, -0.15) is 0 Å². The van der Waals surface area contributed by atoms with Gasteiger partial charge in [0.2, 0.25) is 5.91 Å². The van der Waals surface area contributed by atoms with E-state index in [0.717, 1.165) is 15.7 Å². The van der Waals surface area contributed by atoms with E-state index in [-0.39, 0.29) is 12.3 Å². The van der Waals surface area contributed by atoms with E-state index < -0.39 is 6.10 Å². The molecule has 1 atom stereocenters. The van der Waals surface area contributed by atoms with Gasteiger partial charge < -0.3 is 19.9 Å². The number of hydrogen-bond donors (Lipinski definition) is 2. The molecule has 0 fully saturated rings. The summed E-state index contributed by atoms with van der Waals surface area (Å²) in [6.07, 6.45) is -0.298. The van der Waals surface area contributed by atoms with Crippen LogP contribution >= 0.6 is 15.9 Å². The van der Waals surface area contributed by atoms with Crippen LogP contribution in [-0.2, 0) is 4.79 Å². The number of hydrogen-bond acceptors (Lipinski definition) is 4. The van der Waals surface area contributed by atoms with Crippen LogP contribution in [0.1, 0.15) is 30.1 Å². The minimum atomic E-state index is -0.793. The lowest BCUT2D eigenvalue weighted by molar-refractivity contribution is -0.116. The van der Waals surface area contributed by atoms with E-state index in [4.69, 9.17) is 9.47 Å². The first-order valence-corrected chi connectivity index (χ1v) is 8.70. The minimum Gasteiger partial charge on any atom is -0.497 e. The van der Waals surface area contributed by atoms with Crippen LogP contribution < -0.4 is 14.8 Å². The smallest absolute Gasteiger partial charge is 0.224 e. The summed E-state index contributed by atoms with van der Waals surface area (Å²) in [5.74, 6) is 1.04. The summed E-state index contributed by atoms with van der Waals surface area (Å²) in [5.41, 5.74) is 2.42. The van der Waals surface area contributed by atoms with Crippen molar-refractivity contribution in [1.29, 1.82) is 0 Å². The Bertz CT molecular complexity index is 748. The Kier molecular flexibility index (Phi) is 6.84. The Morgan fingerprint density at radius 3 is 2.60 bits per heavy atom. The lowest BCUT2D eigenvalue weighted by Gasteiger charge is -2.16. The molecule has 2 N–H and O–H groups in total. The lowest BCUT2D eigenvalue weighted by Crippen LogP contribution is -2.13. The number of ether oxygens (including phenoxy) is 2. The fraction of sp³-hybridized carbons (Fsp3) is 0.316. The number of halogens is 1. The molecule has 0 aromatic heterocycles. The minimum absolute atomic E-state index is 0.145. The van der Waals surface area contributed by atoms with Crippen LogP contribution in [0.4, 0.5) is 5.69 Å². The van der Waals surface area contributed by atoms with E-state index in [1.807, 2.05) is 25.1 Å². The van der Waals surface area contributed by atoms with Gasteiger partial charge in [-0.15, -0.1) is 0 Å². The van der Waals surface area contributed by atoms with Crippen LogP contribution in [0, 0.1) is 6.92 Å². The van der Waals surface area contributed by atoms with Gasteiger partial charge in [0.1, 0.15) is 11.5 Å². The van der Waals surface area contributed by atoms with Gasteiger partial charge in [-0.1, -0.05) is 15.9 Å². The summed E-state index contributed by atoms with van der Waals surface area (Å²) < 4.78 is 11.4. The van der Waals surface area contributed by atoms with Crippen molar-refractivity contribution in [3.63, 3.8) is 0 Å². The third-order valence-electron chi connectivity index (χ3n) is 3.89. The number of amides is 1. The predicted molar refractivity (Wildman–Crippen MR) is 101 cm³/mol. The first-order valence-electron chi connectivity index (χ1n) is 7.90.